The summed E-state index contributed by atoms with van der Waals surface area (Å²) in [7, 11) is 1.48. The van der Waals surface area contributed by atoms with E-state index >= 15 is 0 Å². The van der Waals surface area contributed by atoms with Crippen LogP contribution in [0.3, 0.4) is 0 Å². The lowest BCUT2D eigenvalue weighted by molar-refractivity contribution is -0.123. The van der Waals surface area contributed by atoms with E-state index in [9.17, 15) is 9.90 Å². The Labute approximate surface area is 117 Å². The van der Waals surface area contributed by atoms with E-state index in [-0.39, 0.29) is 18.5 Å². The molecular weight excluding hydrogens is 258 g/mol. The molecule has 2 atom stereocenters. The van der Waals surface area contributed by atoms with Crippen LogP contribution in [0.25, 0.3) is 0 Å². The molecule has 0 radical (unpaired) electrons. The van der Waals surface area contributed by atoms with E-state index in [0.717, 1.165) is 11.3 Å². The Hall–Kier alpha value is -1.92. The van der Waals surface area contributed by atoms with E-state index in [0.29, 0.717) is 13.0 Å². The standard InChI is InChI=1S/C14H19N3O3/c1-20-17-11-7-12(15-8-11)14(19)16-9-13(18)10-5-3-2-4-6-10/h2-6,12-13,15,18H,7-9H2,1H3,(H,16,19)/t12-,13-/m0/s1. The number of nitrogens with zero attached hydrogens (tertiary/aromatic N) is 1. The molecule has 1 aliphatic heterocycles. The lowest BCUT2D eigenvalue weighted by Gasteiger charge is -2.14. The van der Waals surface area contributed by atoms with Crippen LogP contribution in [-0.2, 0) is 9.63 Å². The number of hydrogen-bond acceptors (Lipinski definition) is 5. The Morgan fingerprint density at radius 3 is 3.00 bits per heavy atom. The minimum atomic E-state index is -0.700. The molecule has 1 amide bonds. The molecule has 0 saturated carbocycles. The van der Waals surface area contributed by atoms with Crippen LogP contribution in [-0.4, -0.2) is 43.0 Å². The van der Waals surface area contributed by atoms with Crippen molar-refractivity contribution in [2.75, 3.05) is 20.2 Å². The highest BCUT2D eigenvalue weighted by Gasteiger charge is 2.27. The SMILES string of the molecule is CON=C1CN[C@H](C(=O)NC[C@H](O)c2ccccc2)C1. The molecule has 6 nitrogen and oxygen atoms in total. The van der Waals surface area contributed by atoms with Crippen molar-refractivity contribution in [3.8, 4) is 0 Å². The van der Waals surface area contributed by atoms with Crippen molar-refractivity contribution < 1.29 is 14.7 Å². The Kier molecular flexibility index (Phi) is 5.09. The largest absolute Gasteiger partial charge is 0.399 e. The van der Waals surface area contributed by atoms with Gasteiger partial charge >= 0.3 is 0 Å². The summed E-state index contributed by atoms with van der Waals surface area (Å²) < 4.78 is 0. The Balaban J connectivity index is 1.80. The Morgan fingerprint density at radius 2 is 2.30 bits per heavy atom. The second-order valence-corrected chi connectivity index (χ2v) is 4.65. The van der Waals surface area contributed by atoms with E-state index in [1.54, 1.807) is 0 Å². The van der Waals surface area contributed by atoms with Gasteiger partial charge in [0.05, 0.1) is 17.9 Å². The van der Waals surface area contributed by atoms with Crippen LogP contribution >= 0.6 is 0 Å². The zero-order chi connectivity index (χ0) is 14.4. The van der Waals surface area contributed by atoms with Crippen LogP contribution in [0.15, 0.2) is 35.5 Å². The quantitative estimate of drug-likeness (QED) is 0.671. The minimum absolute atomic E-state index is 0.138. The fourth-order valence-corrected chi connectivity index (χ4v) is 2.12. The lowest BCUT2D eigenvalue weighted by Crippen LogP contribution is -2.41. The van der Waals surface area contributed by atoms with Gasteiger partial charge in [-0.15, -0.1) is 0 Å². The first-order valence-corrected chi connectivity index (χ1v) is 6.53. The molecule has 6 heteroatoms. The summed E-state index contributed by atoms with van der Waals surface area (Å²) in [5, 5.41) is 19.6. The van der Waals surface area contributed by atoms with E-state index in [1.165, 1.54) is 7.11 Å². The monoisotopic (exact) mass is 277 g/mol. The molecule has 0 bridgehead atoms. The summed E-state index contributed by atoms with van der Waals surface area (Å²) in [4.78, 5) is 16.6. The maximum absolute atomic E-state index is 12.0. The fourth-order valence-electron chi connectivity index (χ4n) is 2.12. The molecule has 1 aromatic rings. The van der Waals surface area contributed by atoms with Crippen molar-refractivity contribution in [2.45, 2.75) is 18.6 Å². The zero-order valence-electron chi connectivity index (χ0n) is 11.4. The van der Waals surface area contributed by atoms with Gasteiger partial charge in [-0.3, -0.25) is 4.79 Å². The van der Waals surface area contributed by atoms with Gasteiger partial charge in [0, 0.05) is 19.5 Å². The third-order valence-electron chi connectivity index (χ3n) is 3.18. The Morgan fingerprint density at radius 1 is 1.55 bits per heavy atom. The first-order valence-electron chi connectivity index (χ1n) is 6.53. The number of aliphatic hydroxyl groups is 1. The molecule has 1 heterocycles. The first-order chi connectivity index (χ1) is 9.70. The van der Waals surface area contributed by atoms with Crippen LogP contribution < -0.4 is 10.6 Å². The van der Waals surface area contributed by atoms with Crippen LogP contribution in [0.5, 0.6) is 0 Å². The van der Waals surface area contributed by atoms with Gasteiger partial charge in [0.2, 0.25) is 5.91 Å². The number of rotatable bonds is 5. The number of oxime groups is 1. The van der Waals surface area contributed by atoms with Crippen molar-refractivity contribution in [2.24, 2.45) is 5.16 Å². The van der Waals surface area contributed by atoms with Crippen LogP contribution in [0.2, 0.25) is 0 Å². The molecule has 20 heavy (non-hydrogen) atoms. The van der Waals surface area contributed by atoms with Crippen molar-refractivity contribution in [3.63, 3.8) is 0 Å². The molecular formula is C14H19N3O3. The zero-order valence-corrected chi connectivity index (χ0v) is 11.4. The molecule has 1 fully saturated rings. The molecule has 0 aliphatic carbocycles. The number of nitrogens with one attached hydrogen (secondary N) is 2. The minimum Gasteiger partial charge on any atom is -0.399 e. The van der Waals surface area contributed by atoms with E-state index < -0.39 is 6.10 Å². The van der Waals surface area contributed by atoms with Gasteiger partial charge in [0.1, 0.15) is 7.11 Å². The number of benzene rings is 1. The molecule has 0 spiro atoms. The average molecular weight is 277 g/mol. The molecule has 3 N–H and O–H groups in total. The molecule has 0 unspecified atom stereocenters. The molecule has 0 aromatic heterocycles. The van der Waals surface area contributed by atoms with Gasteiger partial charge in [0.25, 0.3) is 0 Å². The lowest BCUT2D eigenvalue weighted by atomic mass is 10.1. The van der Waals surface area contributed by atoms with Gasteiger partial charge in [0.15, 0.2) is 0 Å². The highest BCUT2D eigenvalue weighted by Crippen LogP contribution is 2.11. The van der Waals surface area contributed by atoms with Gasteiger partial charge < -0.3 is 20.6 Å². The molecule has 2 rings (SSSR count). The van der Waals surface area contributed by atoms with Crippen molar-refractivity contribution in [3.05, 3.63) is 35.9 Å². The molecule has 108 valence electrons. The van der Waals surface area contributed by atoms with Gasteiger partial charge in [-0.2, -0.15) is 0 Å². The third-order valence-corrected chi connectivity index (χ3v) is 3.18. The number of aliphatic hydroxyl groups excluding tert-OH is 1. The van der Waals surface area contributed by atoms with Crippen molar-refractivity contribution in [1.82, 2.24) is 10.6 Å². The maximum atomic E-state index is 12.0. The average Bonchev–Trinajstić information content (AvgIpc) is 2.94. The van der Waals surface area contributed by atoms with Crippen LogP contribution in [0.1, 0.15) is 18.1 Å². The van der Waals surface area contributed by atoms with Crippen LogP contribution in [0.4, 0.5) is 0 Å². The van der Waals surface area contributed by atoms with Crippen molar-refractivity contribution in [1.29, 1.82) is 0 Å². The van der Waals surface area contributed by atoms with Gasteiger partial charge in [-0.1, -0.05) is 35.5 Å². The number of amides is 1. The highest BCUT2D eigenvalue weighted by molar-refractivity contribution is 5.96. The maximum Gasteiger partial charge on any atom is 0.237 e. The van der Waals surface area contributed by atoms with Gasteiger partial charge in [-0.25, -0.2) is 0 Å². The summed E-state index contributed by atoms with van der Waals surface area (Å²) in [5.74, 6) is -0.138. The van der Waals surface area contributed by atoms with Gasteiger partial charge in [-0.05, 0) is 5.56 Å². The predicted octanol–water partition coefficient (Wildman–Crippen LogP) is 0.201. The number of hydrogen-bond donors (Lipinski definition) is 3. The van der Waals surface area contributed by atoms with E-state index in [2.05, 4.69) is 20.6 Å². The predicted molar refractivity (Wildman–Crippen MR) is 75.3 cm³/mol. The third kappa shape index (κ3) is 3.79. The molecule has 1 saturated heterocycles. The second-order valence-electron chi connectivity index (χ2n) is 4.65. The summed E-state index contributed by atoms with van der Waals surface area (Å²) >= 11 is 0. The normalized spacial score (nSPS) is 21.7. The van der Waals surface area contributed by atoms with Crippen LogP contribution in [0, 0.1) is 0 Å². The number of carbonyl (C=O) groups is 1. The van der Waals surface area contributed by atoms with E-state index in [1.807, 2.05) is 30.3 Å². The Bertz CT molecular complexity index is 476. The first kappa shape index (κ1) is 14.5. The molecule has 1 aliphatic rings. The topological polar surface area (TPSA) is 83.0 Å². The summed E-state index contributed by atoms with van der Waals surface area (Å²) in [6.07, 6.45) is -0.171. The summed E-state index contributed by atoms with van der Waals surface area (Å²) in [5.41, 5.74) is 1.60. The number of carbonyl (C=O) groups excluding carboxylic acids is 1. The molecule has 1 aromatic carbocycles. The van der Waals surface area contributed by atoms with Crippen molar-refractivity contribution >= 4 is 11.6 Å². The van der Waals surface area contributed by atoms with E-state index in [4.69, 9.17) is 0 Å². The second kappa shape index (κ2) is 7.02. The fraction of sp³-hybridized carbons (Fsp3) is 0.429. The smallest absolute Gasteiger partial charge is 0.237 e. The highest BCUT2D eigenvalue weighted by atomic mass is 16.6. The summed E-state index contributed by atoms with van der Waals surface area (Å²) in [6.45, 7) is 0.741. The summed E-state index contributed by atoms with van der Waals surface area (Å²) in [6, 6.07) is 8.93.